The van der Waals surface area contributed by atoms with E-state index < -0.39 is 49.3 Å². The molecule has 0 aromatic heterocycles. The number of ketones is 1. The van der Waals surface area contributed by atoms with Gasteiger partial charge >= 0.3 is 5.97 Å². The highest BCUT2D eigenvalue weighted by Crippen LogP contribution is 2.05. The van der Waals surface area contributed by atoms with Gasteiger partial charge in [-0.1, -0.05) is 30.3 Å². The molecule has 128 valence electrons. The first kappa shape index (κ1) is 19.2. The van der Waals surface area contributed by atoms with E-state index in [-0.39, 0.29) is 6.42 Å². The highest BCUT2D eigenvalue weighted by molar-refractivity contribution is 5.87. The zero-order valence-electron chi connectivity index (χ0n) is 12.4. The minimum Gasteiger partial charge on any atom is -0.456 e. The molecule has 1 rings (SSSR count). The molecule has 8 heteroatoms. The number of rotatable bonds is 9. The Bertz CT molecular complexity index is 508. The molecule has 0 aliphatic rings. The van der Waals surface area contributed by atoms with Gasteiger partial charge in [0, 0.05) is 0 Å². The summed E-state index contributed by atoms with van der Waals surface area (Å²) < 4.78 is 4.69. The van der Waals surface area contributed by atoms with Crippen molar-refractivity contribution in [2.45, 2.75) is 30.8 Å². The Balaban J connectivity index is 2.44. The molecule has 6 N–H and O–H groups in total. The topological polar surface area (TPSA) is 150 Å². The summed E-state index contributed by atoms with van der Waals surface area (Å²) in [6.45, 7) is -1.62. The number of ether oxygens (including phenoxy) is 1. The molecular weight excluding hydrogens is 306 g/mol. The summed E-state index contributed by atoms with van der Waals surface area (Å²) in [4.78, 5) is 23.3. The van der Waals surface area contributed by atoms with Gasteiger partial charge < -0.3 is 30.9 Å². The molecule has 1 aromatic rings. The molecule has 0 fully saturated rings. The number of carbonyl (C=O) groups is 2. The van der Waals surface area contributed by atoms with E-state index in [2.05, 4.69) is 0 Å². The lowest BCUT2D eigenvalue weighted by atomic mass is 10.1. The number of esters is 1. The molecule has 0 heterocycles. The predicted octanol–water partition coefficient (Wildman–Crippen LogP) is -2.26. The molecule has 0 saturated carbocycles. The fourth-order valence-electron chi connectivity index (χ4n) is 1.79. The van der Waals surface area contributed by atoms with Crippen molar-refractivity contribution in [1.29, 1.82) is 0 Å². The van der Waals surface area contributed by atoms with Crippen molar-refractivity contribution in [1.82, 2.24) is 0 Å². The minimum atomic E-state index is -1.98. The Hall–Kier alpha value is -1.84. The van der Waals surface area contributed by atoms with Crippen LogP contribution in [-0.4, -0.2) is 69.7 Å². The Morgan fingerprint density at radius 1 is 1.13 bits per heavy atom. The maximum atomic E-state index is 11.7. The van der Waals surface area contributed by atoms with E-state index in [1.807, 2.05) is 6.07 Å². The van der Waals surface area contributed by atoms with Crippen LogP contribution in [0.25, 0.3) is 0 Å². The van der Waals surface area contributed by atoms with Gasteiger partial charge in [0.1, 0.15) is 24.4 Å². The SMILES string of the molecule is N[C@H](Cc1ccccc1)C(=O)OCC(=O)[C@@H](O)[C@H](O)[C@H](O)CO. The second-order valence-corrected chi connectivity index (χ2v) is 5.06. The van der Waals surface area contributed by atoms with Crippen LogP contribution in [0.4, 0.5) is 0 Å². The van der Waals surface area contributed by atoms with Crippen LogP contribution < -0.4 is 5.73 Å². The van der Waals surface area contributed by atoms with E-state index in [1.165, 1.54) is 0 Å². The number of Topliss-reactive ketones (excluding diaryl/α,β-unsaturated/α-hetero) is 1. The van der Waals surface area contributed by atoms with Crippen molar-refractivity contribution in [2.75, 3.05) is 13.2 Å². The maximum Gasteiger partial charge on any atom is 0.323 e. The van der Waals surface area contributed by atoms with Crippen molar-refractivity contribution < 1.29 is 34.8 Å². The first-order valence-corrected chi connectivity index (χ1v) is 7.00. The molecule has 0 amide bonds. The summed E-state index contributed by atoms with van der Waals surface area (Å²) >= 11 is 0. The van der Waals surface area contributed by atoms with Gasteiger partial charge in [0.05, 0.1) is 6.61 Å². The average molecular weight is 327 g/mol. The number of carbonyl (C=O) groups excluding carboxylic acids is 2. The summed E-state index contributed by atoms with van der Waals surface area (Å²) in [5, 5.41) is 36.6. The van der Waals surface area contributed by atoms with Gasteiger partial charge in [0.2, 0.25) is 5.78 Å². The summed E-state index contributed by atoms with van der Waals surface area (Å²) in [6.07, 6.45) is -5.30. The van der Waals surface area contributed by atoms with Crippen LogP contribution in [0.2, 0.25) is 0 Å². The van der Waals surface area contributed by atoms with Crippen LogP contribution in [0, 0.1) is 0 Å². The number of hydrogen-bond acceptors (Lipinski definition) is 8. The van der Waals surface area contributed by atoms with Crippen molar-refractivity contribution >= 4 is 11.8 Å². The fourth-order valence-corrected chi connectivity index (χ4v) is 1.79. The van der Waals surface area contributed by atoms with Crippen molar-refractivity contribution in [3.63, 3.8) is 0 Å². The Kier molecular flexibility index (Phi) is 7.79. The van der Waals surface area contributed by atoms with Crippen LogP contribution >= 0.6 is 0 Å². The second-order valence-electron chi connectivity index (χ2n) is 5.06. The monoisotopic (exact) mass is 327 g/mol. The van der Waals surface area contributed by atoms with Crippen LogP contribution in [0.15, 0.2) is 30.3 Å². The summed E-state index contributed by atoms with van der Waals surface area (Å²) in [5.41, 5.74) is 6.49. The minimum absolute atomic E-state index is 0.224. The standard InChI is InChI=1S/C15H21NO7/c16-10(6-9-4-2-1-3-5-9)15(22)23-8-12(19)14(21)13(20)11(18)7-17/h1-5,10-11,13-14,17-18,20-21H,6-8,16H2/t10-,11-,13-,14-/m1/s1. The van der Waals surface area contributed by atoms with E-state index in [9.17, 15) is 19.8 Å². The molecule has 8 nitrogen and oxygen atoms in total. The molecule has 0 unspecified atom stereocenters. The third-order valence-electron chi connectivity index (χ3n) is 3.19. The molecule has 0 bridgehead atoms. The normalized spacial score (nSPS) is 16.2. The number of nitrogens with two attached hydrogens (primary N) is 1. The van der Waals surface area contributed by atoms with E-state index in [4.69, 9.17) is 20.7 Å². The molecular formula is C15H21NO7. The largest absolute Gasteiger partial charge is 0.456 e. The lowest BCUT2D eigenvalue weighted by Gasteiger charge is -2.20. The molecule has 4 atom stereocenters. The van der Waals surface area contributed by atoms with E-state index in [0.29, 0.717) is 0 Å². The number of hydrogen-bond donors (Lipinski definition) is 5. The first-order valence-electron chi connectivity index (χ1n) is 7.00. The highest BCUT2D eigenvalue weighted by atomic mass is 16.5. The van der Waals surface area contributed by atoms with Gasteiger partial charge in [-0.15, -0.1) is 0 Å². The zero-order chi connectivity index (χ0) is 17.4. The second kappa shape index (κ2) is 9.33. The maximum absolute atomic E-state index is 11.7. The summed E-state index contributed by atoms with van der Waals surface area (Å²) in [6, 6.07) is 8.00. The van der Waals surface area contributed by atoms with Crippen LogP contribution in [0.3, 0.4) is 0 Å². The summed E-state index contributed by atoms with van der Waals surface area (Å²) in [7, 11) is 0. The third kappa shape index (κ3) is 6.05. The quantitative estimate of drug-likeness (QED) is 0.319. The predicted molar refractivity (Wildman–Crippen MR) is 79.2 cm³/mol. The van der Waals surface area contributed by atoms with Gasteiger partial charge in [0.15, 0.2) is 6.61 Å². The van der Waals surface area contributed by atoms with Crippen LogP contribution in [0.1, 0.15) is 5.56 Å². The van der Waals surface area contributed by atoms with Crippen molar-refractivity contribution in [3.05, 3.63) is 35.9 Å². The molecule has 0 aliphatic carbocycles. The van der Waals surface area contributed by atoms with E-state index >= 15 is 0 Å². The molecule has 0 radical (unpaired) electrons. The first-order chi connectivity index (χ1) is 10.9. The zero-order valence-corrected chi connectivity index (χ0v) is 12.4. The number of aliphatic hydroxyl groups is 4. The molecule has 1 aromatic carbocycles. The van der Waals surface area contributed by atoms with E-state index in [1.54, 1.807) is 24.3 Å². The Labute approximate surface area is 133 Å². The smallest absolute Gasteiger partial charge is 0.323 e. The van der Waals surface area contributed by atoms with E-state index in [0.717, 1.165) is 5.56 Å². The van der Waals surface area contributed by atoms with Gasteiger partial charge in [-0.05, 0) is 12.0 Å². The number of benzene rings is 1. The van der Waals surface area contributed by atoms with Crippen molar-refractivity contribution in [3.8, 4) is 0 Å². The van der Waals surface area contributed by atoms with Gasteiger partial charge in [-0.3, -0.25) is 9.59 Å². The van der Waals surface area contributed by atoms with Gasteiger partial charge in [0.25, 0.3) is 0 Å². The molecule has 23 heavy (non-hydrogen) atoms. The fraction of sp³-hybridized carbons (Fsp3) is 0.467. The summed E-state index contributed by atoms with van der Waals surface area (Å²) in [5.74, 6) is -1.84. The lowest BCUT2D eigenvalue weighted by Crippen LogP contribution is -2.45. The Morgan fingerprint density at radius 3 is 2.30 bits per heavy atom. The third-order valence-corrected chi connectivity index (χ3v) is 3.19. The van der Waals surface area contributed by atoms with Crippen LogP contribution in [0.5, 0.6) is 0 Å². The highest BCUT2D eigenvalue weighted by Gasteiger charge is 2.30. The molecule has 0 aliphatic heterocycles. The average Bonchev–Trinajstić information content (AvgIpc) is 2.57. The van der Waals surface area contributed by atoms with Crippen molar-refractivity contribution in [2.24, 2.45) is 5.73 Å². The van der Waals surface area contributed by atoms with Crippen LogP contribution in [-0.2, 0) is 20.7 Å². The van der Waals surface area contributed by atoms with Gasteiger partial charge in [-0.2, -0.15) is 0 Å². The Morgan fingerprint density at radius 2 is 1.74 bits per heavy atom. The van der Waals surface area contributed by atoms with Gasteiger partial charge in [-0.25, -0.2) is 0 Å². The molecule has 0 saturated heterocycles. The number of aliphatic hydroxyl groups excluding tert-OH is 4. The lowest BCUT2D eigenvalue weighted by molar-refractivity contribution is -0.156. The molecule has 0 spiro atoms.